The summed E-state index contributed by atoms with van der Waals surface area (Å²) in [6.45, 7) is -0.129. The van der Waals surface area contributed by atoms with Crippen LogP contribution in [0.5, 0.6) is 0 Å². The van der Waals surface area contributed by atoms with Crippen molar-refractivity contribution in [2.45, 2.75) is 18.8 Å². The molecule has 0 radical (unpaired) electrons. The SMILES string of the molecule is CNC(=O)NC(=O)C(c1ccccc1)N(C)Cc1ccccc1C(F)(F)F. The third kappa shape index (κ3) is 5.30. The lowest BCUT2D eigenvalue weighted by atomic mass is 10.0. The summed E-state index contributed by atoms with van der Waals surface area (Å²) in [5.41, 5.74) is -0.151. The Hall–Kier alpha value is -2.87. The number of hydrogen-bond donors (Lipinski definition) is 2. The number of halogens is 3. The van der Waals surface area contributed by atoms with Crippen molar-refractivity contribution in [3.05, 3.63) is 71.3 Å². The molecule has 0 heterocycles. The van der Waals surface area contributed by atoms with Gasteiger partial charge >= 0.3 is 12.2 Å². The Kier molecular flexibility index (Phi) is 6.57. The van der Waals surface area contributed by atoms with Gasteiger partial charge in [0.25, 0.3) is 0 Å². The summed E-state index contributed by atoms with van der Waals surface area (Å²) in [4.78, 5) is 25.6. The number of benzene rings is 2. The molecule has 0 aliphatic rings. The molecule has 27 heavy (non-hydrogen) atoms. The van der Waals surface area contributed by atoms with Gasteiger partial charge in [0.05, 0.1) is 5.56 Å². The molecule has 3 amide bonds. The van der Waals surface area contributed by atoms with Crippen LogP contribution in [0.25, 0.3) is 0 Å². The smallest absolute Gasteiger partial charge is 0.341 e. The number of alkyl halides is 3. The largest absolute Gasteiger partial charge is 0.416 e. The molecule has 0 saturated heterocycles. The molecule has 2 aromatic rings. The molecular formula is C19H20F3N3O2. The first-order chi connectivity index (χ1) is 12.7. The highest BCUT2D eigenvalue weighted by Gasteiger charge is 2.34. The van der Waals surface area contributed by atoms with Crippen LogP contribution in [0, 0.1) is 0 Å². The molecule has 0 fully saturated rings. The van der Waals surface area contributed by atoms with E-state index in [0.29, 0.717) is 5.56 Å². The van der Waals surface area contributed by atoms with Crippen molar-refractivity contribution < 1.29 is 22.8 Å². The summed E-state index contributed by atoms with van der Waals surface area (Å²) in [5.74, 6) is -0.632. The molecule has 0 bridgehead atoms. The van der Waals surface area contributed by atoms with Gasteiger partial charge in [0, 0.05) is 13.6 Å². The monoisotopic (exact) mass is 379 g/mol. The van der Waals surface area contributed by atoms with Gasteiger partial charge in [-0.1, -0.05) is 48.5 Å². The van der Waals surface area contributed by atoms with Gasteiger partial charge in [-0.2, -0.15) is 13.2 Å². The van der Waals surface area contributed by atoms with Gasteiger partial charge in [-0.05, 0) is 24.2 Å². The average molecular weight is 379 g/mol. The lowest BCUT2D eigenvalue weighted by Gasteiger charge is -2.28. The molecule has 144 valence electrons. The predicted octanol–water partition coefficient (Wildman–Crippen LogP) is 3.33. The van der Waals surface area contributed by atoms with Crippen molar-refractivity contribution in [1.82, 2.24) is 15.5 Å². The maximum atomic E-state index is 13.2. The second-order valence-electron chi connectivity index (χ2n) is 5.95. The average Bonchev–Trinajstić information content (AvgIpc) is 2.62. The summed E-state index contributed by atoms with van der Waals surface area (Å²) in [6.07, 6.45) is -4.50. The van der Waals surface area contributed by atoms with E-state index in [0.717, 1.165) is 6.07 Å². The Balaban J connectivity index is 2.34. The number of nitrogens with one attached hydrogen (secondary N) is 2. The van der Waals surface area contributed by atoms with Crippen LogP contribution in [0.2, 0.25) is 0 Å². The molecule has 0 aliphatic heterocycles. The van der Waals surface area contributed by atoms with Gasteiger partial charge in [0.2, 0.25) is 5.91 Å². The van der Waals surface area contributed by atoms with Crippen LogP contribution in [0.15, 0.2) is 54.6 Å². The Labute approximate surface area is 155 Å². The van der Waals surface area contributed by atoms with Crippen molar-refractivity contribution >= 4 is 11.9 Å². The fraction of sp³-hybridized carbons (Fsp3) is 0.263. The second-order valence-corrected chi connectivity index (χ2v) is 5.95. The van der Waals surface area contributed by atoms with Gasteiger partial charge in [0.1, 0.15) is 6.04 Å². The highest BCUT2D eigenvalue weighted by molar-refractivity contribution is 5.97. The molecule has 1 atom stereocenters. The quantitative estimate of drug-likeness (QED) is 0.838. The van der Waals surface area contributed by atoms with Crippen LogP contribution < -0.4 is 10.6 Å². The third-order valence-corrected chi connectivity index (χ3v) is 4.01. The standard InChI is InChI=1S/C19H20F3N3O2/c1-23-18(27)24-17(26)16(13-8-4-3-5-9-13)25(2)12-14-10-6-7-11-15(14)19(20,21)22/h3-11,16H,12H2,1-2H3,(H2,23,24,26,27). The minimum atomic E-state index is -4.50. The zero-order chi connectivity index (χ0) is 20.0. The van der Waals surface area contributed by atoms with E-state index in [9.17, 15) is 22.8 Å². The number of likely N-dealkylation sites (N-methyl/N-ethyl adjacent to an activating group) is 1. The molecule has 0 aliphatic carbocycles. The van der Waals surface area contributed by atoms with Gasteiger partial charge in [-0.3, -0.25) is 15.0 Å². The first kappa shape index (κ1) is 20.4. The highest BCUT2D eigenvalue weighted by Crippen LogP contribution is 2.33. The van der Waals surface area contributed by atoms with Crippen LogP contribution in [-0.4, -0.2) is 30.9 Å². The van der Waals surface area contributed by atoms with Crippen LogP contribution in [-0.2, 0) is 17.5 Å². The number of urea groups is 1. The Bertz CT molecular complexity index is 794. The van der Waals surface area contributed by atoms with Crippen molar-refractivity contribution in [3.63, 3.8) is 0 Å². The van der Waals surface area contributed by atoms with E-state index in [4.69, 9.17) is 0 Å². The Morgan fingerprint density at radius 1 is 1.04 bits per heavy atom. The molecule has 8 heteroatoms. The summed E-state index contributed by atoms with van der Waals surface area (Å²) in [5, 5.41) is 4.47. The summed E-state index contributed by atoms with van der Waals surface area (Å²) in [6, 6.07) is 12.1. The Morgan fingerprint density at radius 2 is 1.63 bits per heavy atom. The van der Waals surface area contributed by atoms with Gasteiger partial charge in [-0.15, -0.1) is 0 Å². The molecule has 1 unspecified atom stereocenters. The molecule has 2 aromatic carbocycles. The maximum absolute atomic E-state index is 13.2. The van der Waals surface area contributed by atoms with Crippen LogP contribution >= 0.6 is 0 Å². The van der Waals surface area contributed by atoms with E-state index in [-0.39, 0.29) is 12.1 Å². The fourth-order valence-corrected chi connectivity index (χ4v) is 2.78. The number of amides is 3. The topological polar surface area (TPSA) is 61.4 Å². The van der Waals surface area contributed by atoms with Crippen molar-refractivity contribution in [2.75, 3.05) is 14.1 Å². The number of carbonyl (C=O) groups is 2. The van der Waals surface area contributed by atoms with Crippen LogP contribution in [0.3, 0.4) is 0 Å². The summed E-state index contributed by atoms with van der Waals surface area (Å²) < 4.78 is 39.7. The zero-order valence-electron chi connectivity index (χ0n) is 14.9. The van der Waals surface area contributed by atoms with E-state index >= 15 is 0 Å². The number of carbonyl (C=O) groups excluding carboxylic acids is 2. The minimum absolute atomic E-state index is 0.0428. The Morgan fingerprint density at radius 3 is 2.22 bits per heavy atom. The molecule has 2 rings (SSSR count). The molecule has 2 N–H and O–H groups in total. The van der Waals surface area contributed by atoms with E-state index in [1.54, 1.807) is 30.3 Å². The normalized spacial score (nSPS) is 12.5. The number of rotatable bonds is 5. The first-order valence-corrected chi connectivity index (χ1v) is 8.17. The van der Waals surface area contributed by atoms with Gasteiger partial charge in [0.15, 0.2) is 0 Å². The number of nitrogens with zero attached hydrogens (tertiary/aromatic N) is 1. The fourth-order valence-electron chi connectivity index (χ4n) is 2.78. The molecule has 0 saturated carbocycles. The molecule has 0 spiro atoms. The highest BCUT2D eigenvalue weighted by atomic mass is 19.4. The lowest BCUT2D eigenvalue weighted by molar-refractivity contribution is -0.138. The van der Waals surface area contributed by atoms with E-state index in [2.05, 4.69) is 10.6 Å². The van der Waals surface area contributed by atoms with Gasteiger partial charge in [-0.25, -0.2) is 4.79 Å². The van der Waals surface area contributed by atoms with Crippen molar-refractivity contribution in [1.29, 1.82) is 0 Å². The van der Waals surface area contributed by atoms with E-state index in [1.807, 2.05) is 0 Å². The molecular weight excluding hydrogens is 359 g/mol. The molecule has 5 nitrogen and oxygen atoms in total. The summed E-state index contributed by atoms with van der Waals surface area (Å²) in [7, 11) is 2.90. The minimum Gasteiger partial charge on any atom is -0.341 e. The maximum Gasteiger partial charge on any atom is 0.416 e. The third-order valence-electron chi connectivity index (χ3n) is 4.01. The zero-order valence-corrected chi connectivity index (χ0v) is 14.9. The molecule has 0 aromatic heterocycles. The van der Waals surface area contributed by atoms with Crippen molar-refractivity contribution in [2.24, 2.45) is 0 Å². The lowest BCUT2D eigenvalue weighted by Crippen LogP contribution is -2.44. The number of imide groups is 1. The predicted molar refractivity (Wildman–Crippen MR) is 94.7 cm³/mol. The number of hydrogen-bond acceptors (Lipinski definition) is 3. The van der Waals surface area contributed by atoms with Crippen LogP contribution in [0.1, 0.15) is 22.7 Å². The second kappa shape index (κ2) is 8.68. The summed E-state index contributed by atoms with van der Waals surface area (Å²) >= 11 is 0. The van der Waals surface area contributed by atoms with E-state index < -0.39 is 29.7 Å². The van der Waals surface area contributed by atoms with Crippen LogP contribution in [0.4, 0.5) is 18.0 Å². The van der Waals surface area contributed by atoms with Gasteiger partial charge < -0.3 is 5.32 Å². The first-order valence-electron chi connectivity index (χ1n) is 8.17. The van der Waals surface area contributed by atoms with E-state index in [1.165, 1.54) is 37.2 Å². The van der Waals surface area contributed by atoms with Crippen molar-refractivity contribution in [3.8, 4) is 0 Å².